The molecular formula is C16H19N3OS. The predicted molar refractivity (Wildman–Crippen MR) is 85.5 cm³/mol. The molecule has 0 atom stereocenters. The van der Waals surface area contributed by atoms with E-state index in [2.05, 4.69) is 10.3 Å². The van der Waals surface area contributed by atoms with Gasteiger partial charge in [-0.25, -0.2) is 4.98 Å². The van der Waals surface area contributed by atoms with Crippen LogP contribution in [-0.4, -0.2) is 42.0 Å². The van der Waals surface area contributed by atoms with E-state index in [1.807, 2.05) is 47.7 Å². The summed E-state index contributed by atoms with van der Waals surface area (Å²) in [5.41, 5.74) is 1.62. The lowest BCUT2D eigenvalue weighted by Crippen LogP contribution is -2.44. The maximum Gasteiger partial charge on any atom is 0.273 e. The number of hydrogen-bond donors (Lipinski definition) is 1. The molecule has 0 bridgehead atoms. The average Bonchev–Trinajstić information content (AvgIpc) is 3.05. The monoisotopic (exact) mass is 301 g/mol. The van der Waals surface area contributed by atoms with E-state index in [1.54, 1.807) is 0 Å². The highest BCUT2D eigenvalue weighted by Gasteiger charge is 2.24. The number of rotatable bonds is 3. The Morgan fingerprint density at radius 3 is 2.71 bits per heavy atom. The van der Waals surface area contributed by atoms with Crippen molar-refractivity contribution in [3.8, 4) is 10.6 Å². The first-order valence-corrected chi connectivity index (χ1v) is 8.12. The Hall–Kier alpha value is -1.72. The quantitative estimate of drug-likeness (QED) is 0.948. The van der Waals surface area contributed by atoms with Crippen LogP contribution in [0.4, 0.5) is 0 Å². The summed E-state index contributed by atoms with van der Waals surface area (Å²) in [6, 6.07) is 10.3. The van der Waals surface area contributed by atoms with Crippen molar-refractivity contribution < 1.29 is 4.79 Å². The fraction of sp³-hybridized carbons (Fsp3) is 0.375. The van der Waals surface area contributed by atoms with Crippen molar-refractivity contribution in [3.63, 3.8) is 0 Å². The van der Waals surface area contributed by atoms with Crippen molar-refractivity contribution in [3.05, 3.63) is 41.4 Å². The summed E-state index contributed by atoms with van der Waals surface area (Å²) in [4.78, 5) is 18.9. The molecule has 4 nitrogen and oxygen atoms in total. The fourth-order valence-electron chi connectivity index (χ4n) is 2.63. The summed E-state index contributed by atoms with van der Waals surface area (Å²) in [7, 11) is 1.89. The first-order chi connectivity index (χ1) is 10.3. The number of benzene rings is 1. The van der Waals surface area contributed by atoms with E-state index in [-0.39, 0.29) is 5.91 Å². The summed E-state index contributed by atoms with van der Waals surface area (Å²) in [6.45, 7) is 1.96. The topological polar surface area (TPSA) is 45.2 Å². The first kappa shape index (κ1) is 14.2. The highest BCUT2D eigenvalue weighted by molar-refractivity contribution is 7.13. The number of piperidine rings is 1. The van der Waals surface area contributed by atoms with Gasteiger partial charge in [-0.1, -0.05) is 30.3 Å². The Morgan fingerprint density at radius 1 is 1.29 bits per heavy atom. The van der Waals surface area contributed by atoms with Gasteiger partial charge in [-0.3, -0.25) is 4.79 Å². The molecule has 0 aliphatic carbocycles. The van der Waals surface area contributed by atoms with Crippen LogP contribution >= 0.6 is 11.3 Å². The lowest BCUT2D eigenvalue weighted by Gasteiger charge is -2.31. The van der Waals surface area contributed by atoms with Gasteiger partial charge in [0.25, 0.3) is 5.91 Å². The second kappa shape index (κ2) is 6.37. The maximum atomic E-state index is 12.5. The molecule has 2 aromatic rings. The minimum absolute atomic E-state index is 0.0281. The average molecular weight is 301 g/mol. The number of amides is 1. The molecule has 5 heteroatoms. The van der Waals surface area contributed by atoms with Crippen LogP contribution in [0.15, 0.2) is 35.7 Å². The van der Waals surface area contributed by atoms with Crippen molar-refractivity contribution >= 4 is 17.2 Å². The molecule has 0 radical (unpaired) electrons. The maximum absolute atomic E-state index is 12.5. The predicted octanol–water partition coefficient (Wildman–Crippen LogP) is 2.63. The molecule has 1 fully saturated rings. The van der Waals surface area contributed by atoms with Gasteiger partial charge in [0.05, 0.1) is 0 Å². The van der Waals surface area contributed by atoms with Crippen LogP contribution in [0.2, 0.25) is 0 Å². The lowest BCUT2D eigenvalue weighted by molar-refractivity contribution is 0.0698. The molecular weight excluding hydrogens is 282 g/mol. The molecule has 2 heterocycles. The largest absolute Gasteiger partial charge is 0.337 e. The summed E-state index contributed by atoms with van der Waals surface area (Å²) in [6.07, 6.45) is 2.02. The normalized spacial score (nSPS) is 15.9. The number of nitrogens with one attached hydrogen (secondary N) is 1. The summed E-state index contributed by atoms with van der Waals surface area (Å²) < 4.78 is 0. The van der Waals surface area contributed by atoms with Gasteiger partial charge in [0.2, 0.25) is 0 Å². The molecule has 21 heavy (non-hydrogen) atoms. The van der Waals surface area contributed by atoms with Crippen molar-refractivity contribution in [2.24, 2.45) is 0 Å². The molecule has 1 aliphatic rings. The van der Waals surface area contributed by atoms with Gasteiger partial charge in [0.15, 0.2) is 0 Å². The van der Waals surface area contributed by atoms with E-state index in [0.29, 0.717) is 11.7 Å². The van der Waals surface area contributed by atoms with E-state index in [4.69, 9.17) is 0 Å². The van der Waals surface area contributed by atoms with Gasteiger partial charge in [0, 0.05) is 24.0 Å². The Morgan fingerprint density at radius 2 is 2.00 bits per heavy atom. The SMILES string of the molecule is CN(C(=O)c1csc(-c2ccccc2)n1)C1CCNCC1. The number of thiazole rings is 1. The van der Waals surface area contributed by atoms with Gasteiger partial charge in [0.1, 0.15) is 10.7 Å². The van der Waals surface area contributed by atoms with E-state index in [1.165, 1.54) is 11.3 Å². The van der Waals surface area contributed by atoms with Gasteiger partial charge in [-0.2, -0.15) is 0 Å². The third-order valence-electron chi connectivity index (χ3n) is 3.92. The van der Waals surface area contributed by atoms with Crippen LogP contribution in [0.1, 0.15) is 23.3 Å². The number of nitrogens with zero attached hydrogens (tertiary/aromatic N) is 2. The van der Waals surface area contributed by atoms with Crippen molar-refractivity contribution in [2.75, 3.05) is 20.1 Å². The zero-order valence-corrected chi connectivity index (χ0v) is 12.9. The van der Waals surface area contributed by atoms with E-state index in [9.17, 15) is 4.79 Å². The molecule has 1 saturated heterocycles. The molecule has 110 valence electrons. The highest BCUT2D eigenvalue weighted by atomic mass is 32.1. The Kier molecular flexibility index (Phi) is 4.31. The molecule has 1 aliphatic heterocycles. The van der Waals surface area contributed by atoms with Crippen LogP contribution < -0.4 is 5.32 Å². The molecule has 1 aromatic carbocycles. The Balaban J connectivity index is 1.74. The smallest absolute Gasteiger partial charge is 0.273 e. The second-order valence-corrected chi connectivity index (χ2v) is 6.16. The third-order valence-corrected chi connectivity index (χ3v) is 4.81. The number of carbonyl (C=O) groups excluding carboxylic acids is 1. The fourth-order valence-corrected chi connectivity index (χ4v) is 3.43. The van der Waals surface area contributed by atoms with Crippen LogP contribution in [0.25, 0.3) is 10.6 Å². The molecule has 0 unspecified atom stereocenters. The van der Waals surface area contributed by atoms with Gasteiger partial charge in [-0.15, -0.1) is 11.3 Å². The number of aromatic nitrogens is 1. The van der Waals surface area contributed by atoms with Crippen molar-refractivity contribution in [1.82, 2.24) is 15.2 Å². The highest BCUT2D eigenvalue weighted by Crippen LogP contribution is 2.24. The van der Waals surface area contributed by atoms with Gasteiger partial charge < -0.3 is 10.2 Å². The van der Waals surface area contributed by atoms with E-state index in [0.717, 1.165) is 36.5 Å². The Labute approximate surface area is 128 Å². The minimum atomic E-state index is 0.0281. The van der Waals surface area contributed by atoms with Crippen molar-refractivity contribution in [2.45, 2.75) is 18.9 Å². The standard InChI is InChI=1S/C16H19N3OS/c1-19(13-7-9-17-10-8-13)16(20)14-11-21-15(18-14)12-5-3-2-4-6-12/h2-6,11,13,17H,7-10H2,1H3. The third kappa shape index (κ3) is 3.14. The molecule has 1 aromatic heterocycles. The zero-order valence-electron chi connectivity index (χ0n) is 12.1. The summed E-state index contributed by atoms with van der Waals surface area (Å²) >= 11 is 1.52. The zero-order chi connectivity index (χ0) is 14.7. The number of carbonyl (C=O) groups is 1. The molecule has 1 N–H and O–H groups in total. The number of hydrogen-bond acceptors (Lipinski definition) is 4. The van der Waals surface area contributed by atoms with Crippen LogP contribution in [0.3, 0.4) is 0 Å². The van der Waals surface area contributed by atoms with E-state index < -0.39 is 0 Å². The van der Waals surface area contributed by atoms with Crippen LogP contribution in [0.5, 0.6) is 0 Å². The van der Waals surface area contributed by atoms with Gasteiger partial charge in [-0.05, 0) is 25.9 Å². The lowest BCUT2D eigenvalue weighted by atomic mass is 10.1. The molecule has 0 saturated carbocycles. The van der Waals surface area contributed by atoms with E-state index >= 15 is 0 Å². The van der Waals surface area contributed by atoms with Crippen LogP contribution in [-0.2, 0) is 0 Å². The summed E-state index contributed by atoms with van der Waals surface area (Å²) in [5, 5.41) is 6.09. The molecule has 3 rings (SSSR count). The molecule has 1 amide bonds. The minimum Gasteiger partial charge on any atom is -0.337 e. The van der Waals surface area contributed by atoms with Crippen LogP contribution in [0, 0.1) is 0 Å². The van der Waals surface area contributed by atoms with Gasteiger partial charge >= 0.3 is 0 Å². The first-order valence-electron chi connectivity index (χ1n) is 7.24. The van der Waals surface area contributed by atoms with Crippen molar-refractivity contribution in [1.29, 1.82) is 0 Å². The Bertz CT molecular complexity index is 605. The molecule has 0 spiro atoms. The summed E-state index contributed by atoms with van der Waals surface area (Å²) in [5.74, 6) is 0.0281. The second-order valence-electron chi connectivity index (χ2n) is 5.30.